The van der Waals surface area contributed by atoms with Crippen LogP contribution in [0.3, 0.4) is 0 Å². The molecule has 2 heterocycles. The first-order chi connectivity index (χ1) is 11.9. The molecule has 0 bridgehead atoms. The average molecular weight is 339 g/mol. The topological polar surface area (TPSA) is 80.3 Å². The molecule has 1 atom stereocenters. The molecular weight excluding hydrogens is 318 g/mol. The molecule has 0 saturated heterocycles. The number of rotatable bonds is 5. The summed E-state index contributed by atoms with van der Waals surface area (Å²) >= 11 is 0. The van der Waals surface area contributed by atoms with E-state index in [0.717, 1.165) is 22.5 Å². The second-order valence-corrected chi connectivity index (χ2v) is 6.17. The predicted molar refractivity (Wildman–Crippen MR) is 93.8 cm³/mol. The summed E-state index contributed by atoms with van der Waals surface area (Å²) in [7, 11) is 0. The van der Waals surface area contributed by atoms with Gasteiger partial charge in [0, 0.05) is 5.69 Å². The van der Waals surface area contributed by atoms with E-state index in [4.69, 9.17) is 4.42 Å². The minimum atomic E-state index is -0.887. The molecule has 2 N–H and O–H groups in total. The Hall–Kier alpha value is -2.86. The number of aromatic nitrogens is 2. The van der Waals surface area contributed by atoms with Gasteiger partial charge in [0.25, 0.3) is 5.91 Å². The summed E-state index contributed by atoms with van der Waals surface area (Å²) in [6.45, 7) is 6.01. The molecule has 2 aromatic heterocycles. The number of nitrogens with one attached hydrogen (secondary N) is 1. The molecule has 1 aromatic carbocycles. The molecule has 25 heavy (non-hydrogen) atoms. The Morgan fingerprint density at radius 3 is 2.60 bits per heavy atom. The predicted octanol–water partition coefficient (Wildman–Crippen LogP) is 2.85. The van der Waals surface area contributed by atoms with E-state index in [1.807, 2.05) is 32.9 Å². The number of amides is 1. The SMILES string of the molecule is Cc1cc(C)cc(-n2nc(C(=O)NCC(O)c3ccco3)cc2C)c1. The molecule has 1 amide bonds. The maximum absolute atomic E-state index is 12.3. The van der Waals surface area contributed by atoms with E-state index >= 15 is 0 Å². The van der Waals surface area contributed by atoms with Crippen LogP contribution < -0.4 is 5.32 Å². The van der Waals surface area contributed by atoms with Gasteiger partial charge in [0.2, 0.25) is 0 Å². The normalized spacial score (nSPS) is 12.2. The van der Waals surface area contributed by atoms with Crippen LogP contribution in [-0.2, 0) is 0 Å². The van der Waals surface area contributed by atoms with Gasteiger partial charge in [-0.25, -0.2) is 4.68 Å². The van der Waals surface area contributed by atoms with Crippen LogP contribution in [-0.4, -0.2) is 27.3 Å². The van der Waals surface area contributed by atoms with Crippen LogP contribution >= 0.6 is 0 Å². The Morgan fingerprint density at radius 2 is 1.96 bits per heavy atom. The second-order valence-electron chi connectivity index (χ2n) is 6.17. The molecule has 0 aliphatic heterocycles. The molecular formula is C19H21N3O3. The van der Waals surface area contributed by atoms with Crippen molar-refractivity contribution < 1.29 is 14.3 Å². The highest BCUT2D eigenvalue weighted by Crippen LogP contribution is 2.16. The van der Waals surface area contributed by atoms with Gasteiger partial charge in [0.1, 0.15) is 11.9 Å². The Balaban J connectivity index is 1.74. The lowest BCUT2D eigenvalue weighted by atomic mass is 10.1. The van der Waals surface area contributed by atoms with Gasteiger partial charge in [-0.2, -0.15) is 5.10 Å². The third-order valence-corrected chi connectivity index (χ3v) is 3.90. The van der Waals surface area contributed by atoms with Crippen LogP contribution in [0.2, 0.25) is 0 Å². The van der Waals surface area contributed by atoms with Crippen molar-refractivity contribution in [2.45, 2.75) is 26.9 Å². The zero-order valence-corrected chi connectivity index (χ0v) is 14.5. The maximum atomic E-state index is 12.3. The maximum Gasteiger partial charge on any atom is 0.271 e. The highest BCUT2D eigenvalue weighted by molar-refractivity contribution is 5.92. The lowest BCUT2D eigenvalue weighted by Crippen LogP contribution is -2.28. The fourth-order valence-corrected chi connectivity index (χ4v) is 2.78. The first-order valence-electron chi connectivity index (χ1n) is 8.09. The monoisotopic (exact) mass is 339 g/mol. The standard InChI is InChI=1S/C19H21N3O3/c1-12-7-13(2)9-15(8-12)22-14(3)10-16(21-22)19(24)20-11-17(23)18-5-4-6-25-18/h4-10,17,23H,11H2,1-3H3,(H,20,24). The molecule has 130 valence electrons. The lowest BCUT2D eigenvalue weighted by molar-refractivity contribution is 0.0896. The highest BCUT2D eigenvalue weighted by Gasteiger charge is 2.16. The van der Waals surface area contributed by atoms with E-state index in [2.05, 4.69) is 16.5 Å². The van der Waals surface area contributed by atoms with Crippen LogP contribution in [0.4, 0.5) is 0 Å². The molecule has 6 heteroatoms. The summed E-state index contributed by atoms with van der Waals surface area (Å²) in [5.74, 6) is 0.0778. The molecule has 0 radical (unpaired) electrons. The van der Waals surface area contributed by atoms with Crippen LogP contribution in [0.1, 0.15) is 39.2 Å². The fraction of sp³-hybridized carbons (Fsp3) is 0.263. The second kappa shape index (κ2) is 6.94. The molecule has 0 saturated carbocycles. The van der Waals surface area contributed by atoms with Crippen molar-refractivity contribution >= 4 is 5.91 Å². The number of nitrogens with zero attached hydrogens (tertiary/aromatic N) is 2. The first-order valence-corrected chi connectivity index (χ1v) is 8.09. The number of aliphatic hydroxyl groups is 1. The number of furan rings is 1. The summed E-state index contributed by atoms with van der Waals surface area (Å²) in [6.07, 6.45) is 0.594. The van der Waals surface area contributed by atoms with Gasteiger partial charge in [0.15, 0.2) is 5.69 Å². The van der Waals surface area contributed by atoms with Crippen molar-refractivity contribution in [3.8, 4) is 5.69 Å². The van der Waals surface area contributed by atoms with Gasteiger partial charge in [-0.05, 0) is 62.2 Å². The molecule has 3 aromatic rings. The van der Waals surface area contributed by atoms with E-state index in [-0.39, 0.29) is 12.5 Å². The summed E-state index contributed by atoms with van der Waals surface area (Å²) in [4.78, 5) is 12.3. The molecule has 0 aliphatic carbocycles. The number of hydrogen-bond acceptors (Lipinski definition) is 4. The number of hydrogen-bond donors (Lipinski definition) is 2. The highest BCUT2D eigenvalue weighted by atomic mass is 16.4. The number of benzene rings is 1. The summed E-state index contributed by atoms with van der Waals surface area (Å²) in [5.41, 5.74) is 4.37. The van der Waals surface area contributed by atoms with E-state index in [1.165, 1.54) is 6.26 Å². The van der Waals surface area contributed by atoms with Gasteiger partial charge in [-0.1, -0.05) is 6.07 Å². The van der Waals surface area contributed by atoms with Crippen LogP contribution in [0, 0.1) is 20.8 Å². The minimum absolute atomic E-state index is 0.0573. The molecule has 0 spiro atoms. The van der Waals surface area contributed by atoms with Crippen molar-refractivity contribution in [3.05, 3.63) is 70.9 Å². The van der Waals surface area contributed by atoms with Gasteiger partial charge < -0.3 is 14.8 Å². The molecule has 6 nitrogen and oxygen atoms in total. The smallest absolute Gasteiger partial charge is 0.271 e. The van der Waals surface area contributed by atoms with E-state index in [9.17, 15) is 9.90 Å². The zero-order chi connectivity index (χ0) is 18.0. The number of carbonyl (C=O) groups is 1. The van der Waals surface area contributed by atoms with Crippen molar-refractivity contribution in [3.63, 3.8) is 0 Å². The number of carbonyl (C=O) groups excluding carboxylic acids is 1. The zero-order valence-electron chi connectivity index (χ0n) is 14.5. The number of aryl methyl sites for hydroxylation is 3. The Kier molecular flexibility index (Phi) is 4.72. The van der Waals surface area contributed by atoms with Gasteiger partial charge in [0.05, 0.1) is 18.5 Å². The van der Waals surface area contributed by atoms with Crippen molar-refractivity contribution in [1.29, 1.82) is 0 Å². The fourth-order valence-electron chi connectivity index (χ4n) is 2.78. The average Bonchev–Trinajstić information content (AvgIpc) is 3.21. The lowest BCUT2D eigenvalue weighted by Gasteiger charge is -2.08. The molecule has 3 rings (SSSR count). The quantitative estimate of drug-likeness (QED) is 0.749. The van der Waals surface area contributed by atoms with Crippen LogP contribution in [0.5, 0.6) is 0 Å². The minimum Gasteiger partial charge on any atom is -0.467 e. The van der Waals surface area contributed by atoms with E-state index in [0.29, 0.717) is 11.5 Å². The molecule has 0 fully saturated rings. The number of aliphatic hydroxyl groups excluding tert-OH is 1. The summed E-state index contributed by atoms with van der Waals surface area (Å²) in [5, 5.41) is 17.0. The van der Waals surface area contributed by atoms with Gasteiger partial charge in [-0.15, -0.1) is 0 Å². The Morgan fingerprint density at radius 1 is 1.24 bits per heavy atom. The van der Waals surface area contributed by atoms with E-state index in [1.54, 1.807) is 22.9 Å². The van der Waals surface area contributed by atoms with Crippen molar-refractivity contribution in [1.82, 2.24) is 15.1 Å². The molecule has 1 unspecified atom stereocenters. The van der Waals surface area contributed by atoms with Crippen molar-refractivity contribution in [2.75, 3.05) is 6.54 Å². The largest absolute Gasteiger partial charge is 0.467 e. The Bertz CT molecular complexity index is 861. The summed E-state index contributed by atoms with van der Waals surface area (Å²) in [6, 6.07) is 11.2. The van der Waals surface area contributed by atoms with Gasteiger partial charge >= 0.3 is 0 Å². The first kappa shape index (κ1) is 17.0. The van der Waals surface area contributed by atoms with E-state index < -0.39 is 6.10 Å². The van der Waals surface area contributed by atoms with Crippen molar-refractivity contribution in [2.24, 2.45) is 0 Å². The Labute approximate surface area is 146 Å². The summed E-state index contributed by atoms with van der Waals surface area (Å²) < 4.78 is 6.86. The third kappa shape index (κ3) is 3.80. The third-order valence-electron chi connectivity index (χ3n) is 3.90. The van der Waals surface area contributed by atoms with Gasteiger partial charge in [-0.3, -0.25) is 4.79 Å². The van der Waals surface area contributed by atoms with Crippen LogP contribution in [0.25, 0.3) is 5.69 Å². The molecule has 0 aliphatic rings. The van der Waals surface area contributed by atoms with Crippen LogP contribution in [0.15, 0.2) is 47.1 Å².